The summed E-state index contributed by atoms with van der Waals surface area (Å²) in [5.74, 6) is 0.136. The Labute approximate surface area is 147 Å². The van der Waals surface area contributed by atoms with E-state index < -0.39 is 0 Å². The Balaban J connectivity index is 1.57. The average Bonchev–Trinajstić information content (AvgIpc) is 3.08. The highest BCUT2D eigenvalue weighted by atomic mass is 16.2. The standard InChI is InChI=1S/C18H24N4O3/c1-19-16(23)13-20-9-11-21(12-10-20)18(25)14-4-6-15(7-5-14)22-8-2-3-17(22)24/h4-7H,2-3,8-13H2,1H3,(H,19,23). The number of piperazine rings is 1. The van der Waals surface area contributed by atoms with E-state index in [-0.39, 0.29) is 17.7 Å². The molecule has 7 heteroatoms. The molecule has 2 fully saturated rings. The van der Waals surface area contributed by atoms with Crippen LogP contribution in [0.3, 0.4) is 0 Å². The lowest BCUT2D eigenvalue weighted by Gasteiger charge is -2.34. The number of carbonyl (C=O) groups excluding carboxylic acids is 3. The van der Waals surface area contributed by atoms with Gasteiger partial charge in [0.05, 0.1) is 6.54 Å². The molecule has 0 radical (unpaired) electrons. The quantitative estimate of drug-likeness (QED) is 0.854. The highest BCUT2D eigenvalue weighted by molar-refractivity contribution is 5.97. The molecule has 3 amide bonds. The van der Waals surface area contributed by atoms with Gasteiger partial charge in [0, 0.05) is 57.4 Å². The summed E-state index contributed by atoms with van der Waals surface area (Å²) >= 11 is 0. The molecule has 0 unspecified atom stereocenters. The lowest BCUT2D eigenvalue weighted by molar-refractivity contribution is -0.122. The van der Waals surface area contributed by atoms with Crippen LogP contribution in [0, 0.1) is 0 Å². The van der Waals surface area contributed by atoms with Crippen LogP contribution in [-0.2, 0) is 9.59 Å². The summed E-state index contributed by atoms with van der Waals surface area (Å²) in [6.45, 7) is 3.74. The number of nitrogens with one attached hydrogen (secondary N) is 1. The van der Waals surface area contributed by atoms with E-state index in [0.717, 1.165) is 18.7 Å². The van der Waals surface area contributed by atoms with E-state index in [4.69, 9.17) is 0 Å². The summed E-state index contributed by atoms with van der Waals surface area (Å²) in [6, 6.07) is 7.27. The smallest absolute Gasteiger partial charge is 0.253 e. The molecule has 3 rings (SSSR count). The third kappa shape index (κ3) is 3.99. The van der Waals surface area contributed by atoms with Crippen molar-refractivity contribution in [1.82, 2.24) is 15.1 Å². The van der Waals surface area contributed by atoms with Gasteiger partial charge in [-0.2, -0.15) is 0 Å². The second-order valence-corrected chi connectivity index (χ2v) is 6.44. The first-order valence-electron chi connectivity index (χ1n) is 8.71. The van der Waals surface area contributed by atoms with Crippen LogP contribution in [0.15, 0.2) is 24.3 Å². The summed E-state index contributed by atoms with van der Waals surface area (Å²) in [5, 5.41) is 2.61. The molecule has 7 nitrogen and oxygen atoms in total. The number of hydrogen-bond donors (Lipinski definition) is 1. The van der Waals surface area contributed by atoms with E-state index >= 15 is 0 Å². The molecule has 2 aliphatic rings. The van der Waals surface area contributed by atoms with E-state index in [1.165, 1.54) is 0 Å². The van der Waals surface area contributed by atoms with Crippen LogP contribution in [0.25, 0.3) is 0 Å². The van der Waals surface area contributed by atoms with Gasteiger partial charge in [0.25, 0.3) is 5.91 Å². The van der Waals surface area contributed by atoms with Gasteiger partial charge in [0.15, 0.2) is 0 Å². The molecule has 1 N–H and O–H groups in total. The van der Waals surface area contributed by atoms with Crippen LogP contribution < -0.4 is 10.2 Å². The normalized spacial score (nSPS) is 18.5. The summed E-state index contributed by atoms with van der Waals surface area (Å²) in [6.07, 6.45) is 1.49. The molecule has 1 aromatic rings. The van der Waals surface area contributed by atoms with E-state index in [0.29, 0.717) is 44.7 Å². The van der Waals surface area contributed by atoms with Crippen LogP contribution >= 0.6 is 0 Å². The first-order valence-corrected chi connectivity index (χ1v) is 8.71. The van der Waals surface area contributed by atoms with Crippen molar-refractivity contribution in [3.05, 3.63) is 29.8 Å². The number of nitrogens with zero attached hydrogens (tertiary/aromatic N) is 3. The molecule has 2 saturated heterocycles. The summed E-state index contributed by atoms with van der Waals surface area (Å²) in [4.78, 5) is 41.5. The maximum Gasteiger partial charge on any atom is 0.253 e. The summed E-state index contributed by atoms with van der Waals surface area (Å²) in [5.41, 5.74) is 1.49. The fraction of sp³-hybridized carbons (Fsp3) is 0.500. The lowest BCUT2D eigenvalue weighted by Crippen LogP contribution is -2.50. The Morgan fingerprint density at radius 2 is 1.72 bits per heavy atom. The summed E-state index contributed by atoms with van der Waals surface area (Å²) in [7, 11) is 1.63. The van der Waals surface area contributed by atoms with E-state index in [9.17, 15) is 14.4 Å². The monoisotopic (exact) mass is 344 g/mol. The Bertz CT molecular complexity index is 651. The SMILES string of the molecule is CNC(=O)CN1CCN(C(=O)c2ccc(N3CCCC3=O)cc2)CC1. The maximum absolute atomic E-state index is 12.6. The molecular weight excluding hydrogens is 320 g/mol. The van der Waals surface area contributed by atoms with Gasteiger partial charge in [0.2, 0.25) is 11.8 Å². The molecule has 0 aliphatic carbocycles. The third-order valence-corrected chi connectivity index (χ3v) is 4.80. The van der Waals surface area contributed by atoms with Gasteiger partial charge in [-0.3, -0.25) is 19.3 Å². The zero-order valence-electron chi connectivity index (χ0n) is 14.5. The number of benzene rings is 1. The topological polar surface area (TPSA) is 73.0 Å². The maximum atomic E-state index is 12.6. The van der Waals surface area contributed by atoms with Crippen LogP contribution in [0.4, 0.5) is 5.69 Å². The largest absolute Gasteiger partial charge is 0.358 e. The van der Waals surface area contributed by atoms with Crippen molar-refractivity contribution in [2.75, 3.05) is 51.2 Å². The van der Waals surface area contributed by atoms with E-state index in [1.54, 1.807) is 24.1 Å². The van der Waals surface area contributed by atoms with E-state index in [1.807, 2.05) is 21.9 Å². The number of hydrogen-bond acceptors (Lipinski definition) is 4. The molecule has 0 atom stereocenters. The van der Waals surface area contributed by atoms with Gasteiger partial charge in [-0.1, -0.05) is 0 Å². The van der Waals surface area contributed by atoms with Crippen LogP contribution in [0.5, 0.6) is 0 Å². The highest BCUT2D eigenvalue weighted by Crippen LogP contribution is 2.22. The second-order valence-electron chi connectivity index (χ2n) is 6.44. The molecule has 2 heterocycles. The first-order chi connectivity index (χ1) is 12.1. The van der Waals surface area contributed by atoms with Gasteiger partial charge in [-0.15, -0.1) is 0 Å². The first kappa shape index (κ1) is 17.4. The number of likely N-dealkylation sites (N-methyl/N-ethyl adjacent to an activating group) is 1. The Kier molecular flexibility index (Phi) is 5.33. The van der Waals surface area contributed by atoms with Crippen molar-refractivity contribution < 1.29 is 14.4 Å². The predicted octanol–water partition coefficient (Wildman–Crippen LogP) is 0.317. The van der Waals surface area contributed by atoms with Gasteiger partial charge in [-0.25, -0.2) is 0 Å². The fourth-order valence-electron chi connectivity index (χ4n) is 3.28. The third-order valence-electron chi connectivity index (χ3n) is 4.80. The van der Waals surface area contributed by atoms with Gasteiger partial charge < -0.3 is 15.1 Å². The van der Waals surface area contributed by atoms with Crippen molar-refractivity contribution in [3.8, 4) is 0 Å². The molecule has 1 aromatic carbocycles. The van der Waals surface area contributed by atoms with E-state index in [2.05, 4.69) is 5.32 Å². The summed E-state index contributed by atoms with van der Waals surface area (Å²) < 4.78 is 0. The second kappa shape index (κ2) is 7.65. The van der Waals surface area contributed by atoms with Crippen molar-refractivity contribution in [2.24, 2.45) is 0 Å². The van der Waals surface area contributed by atoms with Gasteiger partial charge in [0.1, 0.15) is 0 Å². The van der Waals surface area contributed by atoms with Crippen molar-refractivity contribution in [1.29, 1.82) is 0 Å². The number of amides is 3. The number of rotatable bonds is 4. The average molecular weight is 344 g/mol. The molecule has 2 aliphatic heterocycles. The van der Waals surface area contributed by atoms with Crippen LogP contribution in [0.2, 0.25) is 0 Å². The van der Waals surface area contributed by atoms with Crippen molar-refractivity contribution in [3.63, 3.8) is 0 Å². The van der Waals surface area contributed by atoms with Crippen LogP contribution in [0.1, 0.15) is 23.2 Å². The molecule has 0 saturated carbocycles. The Morgan fingerprint density at radius 1 is 1.04 bits per heavy atom. The number of anilines is 1. The fourth-order valence-corrected chi connectivity index (χ4v) is 3.28. The van der Waals surface area contributed by atoms with Crippen molar-refractivity contribution >= 4 is 23.4 Å². The van der Waals surface area contributed by atoms with Gasteiger partial charge in [-0.05, 0) is 30.7 Å². The lowest BCUT2D eigenvalue weighted by atomic mass is 10.1. The number of carbonyl (C=O) groups is 3. The van der Waals surface area contributed by atoms with Gasteiger partial charge >= 0.3 is 0 Å². The minimum atomic E-state index is -0.00757. The minimum Gasteiger partial charge on any atom is -0.358 e. The van der Waals surface area contributed by atoms with Crippen molar-refractivity contribution in [2.45, 2.75) is 12.8 Å². The predicted molar refractivity (Wildman–Crippen MR) is 94.4 cm³/mol. The Hall–Kier alpha value is -2.41. The molecule has 134 valence electrons. The molecule has 0 aromatic heterocycles. The zero-order valence-corrected chi connectivity index (χ0v) is 14.5. The minimum absolute atomic E-state index is 0.00103. The van der Waals surface area contributed by atoms with Crippen LogP contribution in [-0.4, -0.2) is 73.8 Å². The highest BCUT2D eigenvalue weighted by Gasteiger charge is 2.24. The zero-order chi connectivity index (χ0) is 17.8. The molecule has 0 spiro atoms. The molecule has 25 heavy (non-hydrogen) atoms. The molecular formula is C18H24N4O3. The molecule has 0 bridgehead atoms. The Morgan fingerprint density at radius 3 is 2.28 bits per heavy atom.